The van der Waals surface area contributed by atoms with Crippen molar-refractivity contribution in [2.24, 2.45) is 0 Å². The van der Waals surface area contributed by atoms with Gasteiger partial charge in [0.1, 0.15) is 0 Å². The molecule has 0 bridgehead atoms. The van der Waals surface area contributed by atoms with Crippen molar-refractivity contribution in [2.75, 3.05) is 11.9 Å². The fourth-order valence-electron chi connectivity index (χ4n) is 3.49. The van der Waals surface area contributed by atoms with Crippen LogP contribution < -0.4 is 10.6 Å². The maximum absolute atomic E-state index is 12.1. The van der Waals surface area contributed by atoms with Gasteiger partial charge in [0.05, 0.1) is 12.0 Å². The number of anilines is 1. The van der Waals surface area contributed by atoms with E-state index in [1.165, 1.54) is 0 Å². The minimum atomic E-state index is -0.827. The van der Waals surface area contributed by atoms with E-state index >= 15 is 0 Å². The lowest BCUT2D eigenvalue weighted by molar-refractivity contribution is -0.126. The van der Waals surface area contributed by atoms with E-state index in [0.717, 1.165) is 24.1 Å². The van der Waals surface area contributed by atoms with E-state index in [-0.39, 0.29) is 24.2 Å². The predicted molar refractivity (Wildman–Crippen MR) is 83.5 cm³/mol. The largest absolute Gasteiger partial charge is 0.389 e. The smallest absolute Gasteiger partial charge is 0.225 e. The number of rotatable bonds is 4. The van der Waals surface area contributed by atoms with Gasteiger partial charge in [0.25, 0.3) is 0 Å². The number of para-hydroxylation sites is 1. The summed E-state index contributed by atoms with van der Waals surface area (Å²) in [5, 5.41) is 16.0. The lowest BCUT2D eigenvalue weighted by Gasteiger charge is -2.26. The first-order valence-corrected chi connectivity index (χ1v) is 7.94. The molecule has 2 aliphatic rings. The third kappa shape index (κ3) is 3.30. The first-order valence-electron chi connectivity index (χ1n) is 7.94. The van der Waals surface area contributed by atoms with E-state index in [1.54, 1.807) is 0 Å². The maximum Gasteiger partial charge on any atom is 0.225 e. The summed E-state index contributed by atoms with van der Waals surface area (Å²) in [5.74, 6) is -0.160. The van der Waals surface area contributed by atoms with Gasteiger partial charge in [0, 0.05) is 24.6 Å². The number of aliphatic hydroxyl groups is 1. The Labute approximate surface area is 130 Å². The van der Waals surface area contributed by atoms with Gasteiger partial charge in [-0.25, -0.2) is 0 Å². The van der Waals surface area contributed by atoms with Crippen LogP contribution in [0, 0.1) is 0 Å². The van der Waals surface area contributed by atoms with Crippen molar-refractivity contribution in [3.8, 4) is 0 Å². The molecule has 0 aromatic heterocycles. The van der Waals surface area contributed by atoms with Crippen molar-refractivity contribution in [3.63, 3.8) is 0 Å². The Morgan fingerprint density at radius 3 is 2.82 bits per heavy atom. The van der Waals surface area contributed by atoms with Crippen LogP contribution in [0.1, 0.15) is 50.0 Å². The van der Waals surface area contributed by atoms with Gasteiger partial charge in [-0.2, -0.15) is 0 Å². The van der Waals surface area contributed by atoms with Crippen LogP contribution in [0.25, 0.3) is 0 Å². The summed E-state index contributed by atoms with van der Waals surface area (Å²) >= 11 is 0. The highest BCUT2D eigenvalue weighted by Gasteiger charge is 2.33. The van der Waals surface area contributed by atoms with Crippen molar-refractivity contribution in [3.05, 3.63) is 29.8 Å². The number of hydrogen-bond donors (Lipinski definition) is 3. The van der Waals surface area contributed by atoms with Gasteiger partial charge < -0.3 is 15.7 Å². The number of nitrogens with one attached hydrogen (secondary N) is 2. The molecule has 3 rings (SSSR count). The average molecular weight is 302 g/mol. The normalized spacial score (nSPS) is 22.8. The molecule has 118 valence electrons. The highest BCUT2D eigenvalue weighted by atomic mass is 16.3. The molecule has 1 aromatic carbocycles. The lowest BCUT2D eigenvalue weighted by atomic mass is 9.90. The third-order valence-corrected chi connectivity index (χ3v) is 4.68. The second-order valence-corrected chi connectivity index (χ2v) is 6.45. The van der Waals surface area contributed by atoms with Crippen molar-refractivity contribution >= 4 is 17.5 Å². The van der Waals surface area contributed by atoms with Crippen LogP contribution in [0.5, 0.6) is 0 Å². The molecule has 1 heterocycles. The van der Waals surface area contributed by atoms with Gasteiger partial charge >= 0.3 is 0 Å². The van der Waals surface area contributed by atoms with Crippen molar-refractivity contribution in [1.82, 2.24) is 5.32 Å². The van der Waals surface area contributed by atoms with Gasteiger partial charge in [-0.15, -0.1) is 0 Å². The Hall–Kier alpha value is -1.88. The van der Waals surface area contributed by atoms with E-state index in [1.807, 2.05) is 24.3 Å². The SMILES string of the molecule is O=C(CC1(O)CCCC1)NCC1CC(=O)Nc2ccccc21. The third-order valence-electron chi connectivity index (χ3n) is 4.68. The summed E-state index contributed by atoms with van der Waals surface area (Å²) < 4.78 is 0. The first kappa shape index (κ1) is 15.0. The van der Waals surface area contributed by atoms with Crippen molar-refractivity contribution in [1.29, 1.82) is 0 Å². The maximum atomic E-state index is 12.1. The predicted octanol–water partition coefficient (Wildman–Crippen LogP) is 1.92. The zero-order valence-corrected chi connectivity index (χ0v) is 12.6. The Morgan fingerprint density at radius 2 is 2.05 bits per heavy atom. The number of fused-ring (bicyclic) bond motifs is 1. The molecule has 2 amide bonds. The summed E-state index contributed by atoms with van der Waals surface area (Å²) in [6.45, 7) is 0.430. The topological polar surface area (TPSA) is 78.4 Å². The molecule has 3 N–H and O–H groups in total. The Morgan fingerprint density at radius 1 is 1.32 bits per heavy atom. The average Bonchev–Trinajstić information content (AvgIpc) is 2.90. The molecular weight excluding hydrogens is 280 g/mol. The highest BCUT2D eigenvalue weighted by molar-refractivity contribution is 5.94. The van der Waals surface area contributed by atoms with Crippen LogP contribution in [-0.2, 0) is 9.59 Å². The molecular formula is C17H22N2O3. The molecule has 1 saturated carbocycles. The van der Waals surface area contributed by atoms with Crippen LogP contribution in [0.2, 0.25) is 0 Å². The molecule has 1 unspecified atom stereocenters. The Balaban J connectivity index is 1.59. The standard InChI is InChI=1S/C17H22N2O3/c20-15-9-12(13-5-1-2-6-14(13)19-15)11-18-16(21)10-17(22)7-3-4-8-17/h1-2,5-6,12,22H,3-4,7-11H2,(H,18,21)(H,19,20). The summed E-state index contributed by atoms with van der Waals surface area (Å²) in [6.07, 6.45) is 3.92. The molecule has 1 atom stereocenters. The summed E-state index contributed by atoms with van der Waals surface area (Å²) in [7, 11) is 0. The van der Waals surface area contributed by atoms with Gasteiger partial charge in [0.15, 0.2) is 0 Å². The van der Waals surface area contributed by atoms with E-state index in [0.29, 0.717) is 25.8 Å². The molecule has 0 spiro atoms. The molecule has 1 aliphatic carbocycles. The van der Waals surface area contributed by atoms with Crippen LogP contribution in [0.15, 0.2) is 24.3 Å². The van der Waals surface area contributed by atoms with Gasteiger partial charge in [-0.1, -0.05) is 31.0 Å². The zero-order valence-electron chi connectivity index (χ0n) is 12.6. The lowest BCUT2D eigenvalue weighted by Crippen LogP contribution is -2.37. The molecule has 0 saturated heterocycles. The summed E-state index contributed by atoms with van der Waals surface area (Å²) in [5.41, 5.74) is 1.06. The van der Waals surface area contributed by atoms with E-state index in [9.17, 15) is 14.7 Å². The molecule has 1 aromatic rings. The highest BCUT2D eigenvalue weighted by Crippen LogP contribution is 2.33. The Bertz CT molecular complexity index is 579. The van der Waals surface area contributed by atoms with Crippen molar-refractivity contribution in [2.45, 2.75) is 50.0 Å². The molecule has 5 heteroatoms. The van der Waals surface area contributed by atoms with Gasteiger partial charge in [-0.3, -0.25) is 9.59 Å². The summed E-state index contributed by atoms with van der Waals surface area (Å²) in [6, 6.07) is 7.68. The molecule has 0 radical (unpaired) electrons. The molecule has 5 nitrogen and oxygen atoms in total. The van der Waals surface area contributed by atoms with E-state index < -0.39 is 5.60 Å². The first-order chi connectivity index (χ1) is 10.6. The van der Waals surface area contributed by atoms with E-state index in [4.69, 9.17) is 0 Å². The number of benzene rings is 1. The number of hydrogen-bond acceptors (Lipinski definition) is 3. The monoisotopic (exact) mass is 302 g/mol. The van der Waals surface area contributed by atoms with E-state index in [2.05, 4.69) is 10.6 Å². The minimum Gasteiger partial charge on any atom is -0.389 e. The van der Waals surface area contributed by atoms with Crippen molar-refractivity contribution < 1.29 is 14.7 Å². The molecule has 22 heavy (non-hydrogen) atoms. The second kappa shape index (κ2) is 6.08. The van der Waals surface area contributed by atoms with Crippen LogP contribution in [0.3, 0.4) is 0 Å². The van der Waals surface area contributed by atoms with Crippen LogP contribution in [0.4, 0.5) is 5.69 Å². The minimum absolute atomic E-state index is 0.00730. The fraction of sp³-hybridized carbons (Fsp3) is 0.529. The van der Waals surface area contributed by atoms with Gasteiger partial charge in [-0.05, 0) is 24.5 Å². The zero-order chi connectivity index (χ0) is 15.6. The quantitative estimate of drug-likeness (QED) is 0.795. The molecule has 1 fully saturated rings. The summed E-state index contributed by atoms with van der Waals surface area (Å²) in [4.78, 5) is 23.8. The molecule has 1 aliphatic heterocycles. The fourth-order valence-corrected chi connectivity index (χ4v) is 3.49. The number of carbonyl (C=O) groups is 2. The Kier molecular flexibility index (Phi) is 4.16. The number of carbonyl (C=O) groups excluding carboxylic acids is 2. The second-order valence-electron chi connectivity index (χ2n) is 6.45. The van der Waals surface area contributed by atoms with Crippen LogP contribution >= 0.6 is 0 Å². The van der Waals surface area contributed by atoms with Gasteiger partial charge in [0.2, 0.25) is 11.8 Å². The number of amides is 2. The van der Waals surface area contributed by atoms with Crippen LogP contribution in [-0.4, -0.2) is 29.1 Å².